The largest absolute Gasteiger partial charge is 0.487 e. The van der Waals surface area contributed by atoms with E-state index in [-0.39, 0.29) is 46.4 Å². The van der Waals surface area contributed by atoms with Gasteiger partial charge in [-0.15, -0.1) is 0 Å². The average Bonchev–Trinajstić information content (AvgIpc) is 3.56. The van der Waals surface area contributed by atoms with Crippen molar-refractivity contribution >= 4 is 61.8 Å². The highest BCUT2D eigenvalue weighted by atomic mass is 35.5. The fourth-order valence-corrected chi connectivity index (χ4v) is 7.85. The van der Waals surface area contributed by atoms with Gasteiger partial charge < -0.3 is 21.1 Å². The normalized spacial score (nSPS) is 15.0. The molecule has 0 unspecified atom stereocenters. The van der Waals surface area contributed by atoms with Gasteiger partial charge in [0, 0.05) is 52.4 Å². The first-order valence-electron chi connectivity index (χ1n) is 15.0. The number of aryl methyl sites for hydroxylation is 1. The number of rotatable bonds is 12. The molecule has 5 rings (SSSR count). The van der Waals surface area contributed by atoms with Crippen molar-refractivity contribution < 1.29 is 22.7 Å². The van der Waals surface area contributed by atoms with Crippen molar-refractivity contribution in [3.63, 3.8) is 0 Å². The SMILES string of the molecule is Cc1ccc2cccc(OCc3c(Cl)ccc(S(=O)(=O)N4CCC[C@H]4C(=O)NCCCNC(=O)c4ccc(C(=N)N)cc4)c3Cl)c2n1. The predicted octanol–water partition coefficient (Wildman–Crippen LogP) is 4.80. The van der Waals surface area contributed by atoms with Crippen LogP contribution in [0, 0.1) is 12.3 Å². The topological polar surface area (TPSA) is 168 Å². The molecular weight excluding hydrogens is 663 g/mol. The third-order valence-corrected chi connectivity index (χ3v) is 10.7. The van der Waals surface area contributed by atoms with Crippen LogP contribution in [0.15, 0.2) is 71.6 Å². The monoisotopic (exact) mass is 696 g/mol. The number of carbonyl (C=O) groups is 2. The number of hydrogen-bond acceptors (Lipinski definition) is 7. The number of nitrogens with one attached hydrogen (secondary N) is 3. The fourth-order valence-electron chi connectivity index (χ4n) is 5.33. The van der Waals surface area contributed by atoms with Gasteiger partial charge >= 0.3 is 0 Å². The number of ether oxygens (including phenoxy) is 1. The molecule has 14 heteroatoms. The summed E-state index contributed by atoms with van der Waals surface area (Å²) in [5.41, 5.74) is 8.17. The number of halogens is 2. The van der Waals surface area contributed by atoms with Crippen LogP contribution >= 0.6 is 23.2 Å². The predicted molar refractivity (Wildman–Crippen MR) is 182 cm³/mol. The van der Waals surface area contributed by atoms with Crippen molar-refractivity contribution in [2.75, 3.05) is 19.6 Å². The van der Waals surface area contributed by atoms with Crippen LogP contribution < -0.4 is 21.1 Å². The smallest absolute Gasteiger partial charge is 0.251 e. The summed E-state index contributed by atoms with van der Waals surface area (Å²) >= 11 is 13.2. The van der Waals surface area contributed by atoms with Crippen LogP contribution in [0.25, 0.3) is 10.9 Å². The van der Waals surface area contributed by atoms with E-state index in [1.54, 1.807) is 30.3 Å². The zero-order chi connectivity index (χ0) is 33.7. The first-order valence-corrected chi connectivity index (χ1v) is 17.1. The van der Waals surface area contributed by atoms with E-state index in [2.05, 4.69) is 15.6 Å². The number of pyridine rings is 1. The molecule has 3 aromatic carbocycles. The summed E-state index contributed by atoms with van der Waals surface area (Å²) < 4.78 is 35.0. The number of amides is 2. The van der Waals surface area contributed by atoms with Crippen LogP contribution in [-0.4, -0.2) is 61.0 Å². The Balaban J connectivity index is 1.20. The Morgan fingerprint density at radius 3 is 2.49 bits per heavy atom. The Hall–Kier alpha value is -4.23. The lowest BCUT2D eigenvalue weighted by atomic mass is 10.1. The lowest BCUT2D eigenvalue weighted by Crippen LogP contribution is -2.46. The molecule has 2 heterocycles. The number of fused-ring (bicyclic) bond motifs is 1. The molecule has 4 aromatic rings. The zero-order valence-corrected chi connectivity index (χ0v) is 27.9. The van der Waals surface area contributed by atoms with E-state index in [9.17, 15) is 18.0 Å². The van der Waals surface area contributed by atoms with Gasteiger partial charge in [0.1, 0.15) is 34.6 Å². The third kappa shape index (κ3) is 7.68. The fraction of sp³-hybridized carbons (Fsp3) is 0.273. The minimum atomic E-state index is -4.18. The summed E-state index contributed by atoms with van der Waals surface area (Å²) in [6.45, 7) is 2.47. The Morgan fingerprint density at radius 1 is 1.02 bits per heavy atom. The molecule has 1 aromatic heterocycles. The Bertz CT molecular complexity index is 1940. The highest BCUT2D eigenvalue weighted by Gasteiger charge is 2.40. The molecule has 0 aliphatic carbocycles. The molecule has 0 saturated carbocycles. The van der Waals surface area contributed by atoms with Crippen LogP contribution in [0.2, 0.25) is 10.0 Å². The third-order valence-electron chi connectivity index (χ3n) is 7.83. The second-order valence-electron chi connectivity index (χ2n) is 11.1. The molecule has 47 heavy (non-hydrogen) atoms. The number of carbonyl (C=O) groups excluding carboxylic acids is 2. The van der Waals surface area contributed by atoms with Crippen LogP contribution in [0.5, 0.6) is 5.75 Å². The first kappa shape index (κ1) is 34.1. The molecule has 11 nitrogen and oxygen atoms in total. The van der Waals surface area contributed by atoms with E-state index in [0.29, 0.717) is 53.8 Å². The van der Waals surface area contributed by atoms with E-state index in [4.69, 9.17) is 39.1 Å². The minimum Gasteiger partial charge on any atom is -0.487 e. The number of aromatic nitrogens is 1. The molecule has 0 radical (unpaired) electrons. The molecule has 5 N–H and O–H groups in total. The average molecular weight is 698 g/mol. The van der Waals surface area contributed by atoms with Crippen LogP contribution in [-0.2, 0) is 21.4 Å². The van der Waals surface area contributed by atoms with Crippen molar-refractivity contribution in [3.05, 3.63) is 99.2 Å². The maximum atomic E-state index is 13.9. The summed E-state index contributed by atoms with van der Waals surface area (Å²) in [5, 5.41) is 14.1. The van der Waals surface area contributed by atoms with Crippen molar-refractivity contribution in [1.29, 1.82) is 5.41 Å². The van der Waals surface area contributed by atoms with Gasteiger partial charge in [0.05, 0.1) is 5.02 Å². The molecule has 0 spiro atoms. The van der Waals surface area contributed by atoms with Crippen LogP contribution in [0.1, 0.15) is 46.4 Å². The van der Waals surface area contributed by atoms with Crippen molar-refractivity contribution in [1.82, 2.24) is 19.9 Å². The van der Waals surface area contributed by atoms with Gasteiger partial charge in [-0.1, -0.05) is 53.5 Å². The second-order valence-corrected chi connectivity index (χ2v) is 13.7. The lowest BCUT2D eigenvalue weighted by molar-refractivity contribution is -0.124. The number of para-hydroxylation sites is 1. The number of sulfonamides is 1. The van der Waals surface area contributed by atoms with Gasteiger partial charge in [-0.2, -0.15) is 4.31 Å². The van der Waals surface area contributed by atoms with Crippen molar-refractivity contribution in [2.24, 2.45) is 5.73 Å². The number of amidine groups is 1. The first-order chi connectivity index (χ1) is 22.5. The van der Waals surface area contributed by atoms with Gasteiger partial charge in [-0.25, -0.2) is 13.4 Å². The molecule has 246 valence electrons. The molecular formula is C33H34Cl2N6O5S. The second kappa shape index (κ2) is 14.7. The highest BCUT2D eigenvalue weighted by Crippen LogP contribution is 2.36. The molecule has 1 aliphatic heterocycles. The summed E-state index contributed by atoms with van der Waals surface area (Å²) in [6, 6.07) is 17.6. The molecule has 1 atom stereocenters. The molecule has 0 bridgehead atoms. The number of nitrogen functional groups attached to an aromatic ring is 1. The standard InChI is InChI=1S/C33H34Cl2N6O5S/c1-20-8-9-21-5-2-7-27(30(21)40-20)46-19-24-25(34)14-15-28(29(24)35)47(44,45)41-18-3-6-26(41)33(43)39-17-4-16-38-32(42)23-12-10-22(11-13-23)31(36)37/h2,5,7-15,26H,3-4,6,16-19H2,1H3,(H3,36,37)(H,38,42)(H,39,43)/t26-/m0/s1. The summed E-state index contributed by atoms with van der Waals surface area (Å²) in [7, 11) is -4.18. The van der Waals surface area contributed by atoms with E-state index in [0.717, 1.165) is 11.1 Å². The van der Waals surface area contributed by atoms with Gasteiger partial charge in [0.25, 0.3) is 5.91 Å². The molecule has 2 amide bonds. The summed E-state index contributed by atoms with van der Waals surface area (Å²) in [4.78, 5) is 29.9. The maximum absolute atomic E-state index is 13.9. The van der Waals surface area contributed by atoms with E-state index in [1.807, 2.05) is 31.2 Å². The number of nitrogens with zero attached hydrogens (tertiary/aromatic N) is 2. The molecule has 1 saturated heterocycles. The van der Waals surface area contributed by atoms with Crippen molar-refractivity contribution in [3.8, 4) is 5.75 Å². The van der Waals surface area contributed by atoms with E-state index >= 15 is 0 Å². The molecule has 1 fully saturated rings. The van der Waals surface area contributed by atoms with Gasteiger partial charge in [0.2, 0.25) is 15.9 Å². The van der Waals surface area contributed by atoms with E-state index < -0.39 is 22.0 Å². The van der Waals surface area contributed by atoms with Gasteiger partial charge in [0.15, 0.2) is 0 Å². The van der Waals surface area contributed by atoms with Crippen LogP contribution in [0.4, 0.5) is 0 Å². The maximum Gasteiger partial charge on any atom is 0.251 e. The van der Waals surface area contributed by atoms with Crippen molar-refractivity contribution in [2.45, 2.75) is 43.7 Å². The number of hydrogen-bond donors (Lipinski definition) is 4. The van der Waals surface area contributed by atoms with E-state index in [1.165, 1.54) is 16.4 Å². The Labute approximate surface area is 283 Å². The minimum absolute atomic E-state index is 0.0698. The summed E-state index contributed by atoms with van der Waals surface area (Å²) in [6.07, 6.45) is 1.29. The van der Waals surface area contributed by atoms with Gasteiger partial charge in [-0.3, -0.25) is 15.0 Å². The Morgan fingerprint density at radius 2 is 1.74 bits per heavy atom. The summed E-state index contributed by atoms with van der Waals surface area (Å²) in [5.74, 6) is -0.305. The number of benzene rings is 3. The quantitative estimate of drug-likeness (QED) is 0.0937. The zero-order valence-electron chi connectivity index (χ0n) is 25.6. The highest BCUT2D eigenvalue weighted by molar-refractivity contribution is 7.89. The lowest BCUT2D eigenvalue weighted by Gasteiger charge is -2.24. The van der Waals surface area contributed by atoms with Gasteiger partial charge in [-0.05, 0) is 62.6 Å². The van der Waals surface area contributed by atoms with Crippen LogP contribution in [0.3, 0.4) is 0 Å². The Kier molecular flexibility index (Phi) is 10.7. The molecule has 1 aliphatic rings. The number of nitrogens with two attached hydrogens (primary N) is 1.